The Kier molecular flexibility index (Phi) is 3.30. The maximum Gasteiger partial charge on any atom is 0.125 e. The molecule has 0 atom stereocenters. The summed E-state index contributed by atoms with van der Waals surface area (Å²) in [6.07, 6.45) is 0. The lowest BCUT2D eigenvalue weighted by molar-refractivity contribution is 0.938. The van der Waals surface area contributed by atoms with Crippen molar-refractivity contribution < 1.29 is 0 Å². The summed E-state index contributed by atoms with van der Waals surface area (Å²) in [6.45, 7) is 2.64. The van der Waals surface area contributed by atoms with Crippen molar-refractivity contribution in [1.82, 2.24) is 10.3 Å². The normalized spacial score (nSPS) is 9.08. The summed E-state index contributed by atoms with van der Waals surface area (Å²) in [6, 6.07) is 3.74. The summed E-state index contributed by atoms with van der Waals surface area (Å²) in [4.78, 5) is 4.08. The number of hydrogen-bond donors (Lipinski definition) is 2. The van der Waals surface area contributed by atoms with Crippen molar-refractivity contribution in [3.05, 3.63) is 23.4 Å². The number of rotatable bonds is 1. The average Bonchev–Trinajstić information content (AvgIpc) is 2.03. The first-order chi connectivity index (χ1) is 6.22. The highest BCUT2D eigenvalue weighted by molar-refractivity contribution is 5.40. The number of nitrogens with one attached hydrogen (secondary N) is 1. The Labute approximate surface area is 78.4 Å². The van der Waals surface area contributed by atoms with E-state index in [1.54, 1.807) is 0 Å². The molecule has 68 valence electrons. The summed E-state index contributed by atoms with van der Waals surface area (Å²) >= 11 is 0. The maximum absolute atomic E-state index is 5.57. The second kappa shape index (κ2) is 4.48. The van der Waals surface area contributed by atoms with Crippen molar-refractivity contribution in [3.63, 3.8) is 0 Å². The van der Waals surface area contributed by atoms with Gasteiger partial charge in [0.15, 0.2) is 0 Å². The molecular weight excluding hydrogens is 162 g/mol. The lowest BCUT2D eigenvalue weighted by atomic mass is 10.2. The minimum Gasteiger partial charge on any atom is -0.384 e. The molecule has 0 saturated carbocycles. The first kappa shape index (κ1) is 9.56. The molecule has 1 rings (SSSR count). The zero-order chi connectivity index (χ0) is 9.68. The van der Waals surface area contributed by atoms with Gasteiger partial charge in [-0.2, -0.15) is 0 Å². The van der Waals surface area contributed by atoms with Crippen molar-refractivity contribution in [2.24, 2.45) is 0 Å². The van der Waals surface area contributed by atoms with Crippen LogP contribution in [0.4, 0.5) is 5.82 Å². The van der Waals surface area contributed by atoms with Crippen LogP contribution in [0.3, 0.4) is 0 Å². The van der Waals surface area contributed by atoms with Gasteiger partial charge in [0.25, 0.3) is 0 Å². The van der Waals surface area contributed by atoms with Crippen LogP contribution in [0.5, 0.6) is 0 Å². The molecule has 0 spiro atoms. The number of pyridine rings is 1. The Morgan fingerprint density at radius 3 is 2.92 bits per heavy atom. The van der Waals surface area contributed by atoms with Crippen LogP contribution in [0.1, 0.15) is 11.3 Å². The summed E-state index contributed by atoms with van der Waals surface area (Å²) in [7, 11) is 1.85. The van der Waals surface area contributed by atoms with Crippen LogP contribution < -0.4 is 11.1 Å². The first-order valence-corrected chi connectivity index (χ1v) is 4.10. The van der Waals surface area contributed by atoms with Gasteiger partial charge in [-0.05, 0) is 37.6 Å². The fourth-order valence-corrected chi connectivity index (χ4v) is 0.981. The molecule has 0 aliphatic heterocycles. The monoisotopic (exact) mass is 175 g/mol. The van der Waals surface area contributed by atoms with Crippen LogP contribution in [-0.2, 0) is 0 Å². The van der Waals surface area contributed by atoms with E-state index in [4.69, 9.17) is 5.73 Å². The van der Waals surface area contributed by atoms with E-state index in [0.717, 1.165) is 11.3 Å². The molecule has 0 radical (unpaired) electrons. The molecule has 13 heavy (non-hydrogen) atoms. The van der Waals surface area contributed by atoms with Crippen LogP contribution in [0, 0.1) is 18.8 Å². The number of aromatic nitrogens is 1. The van der Waals surface area contributed by atoms with E-state index >= 15 is 0 Å². The maximum atomic E-state index is 5.57. The Morgan fingerprint density at radius 1 is 1.54 bits per heavy atom. The molecule has 1 aromatic heterocycles. The number of aryl methyl sites for hydroxylation is 1. The third kappa shape index (κ3) is 3.14. The van der Waals surface area contributed by atoms with Gasteiger partial charge in [-0.25, -0.2) is 4.98 Å². The minimum atomic E-state index is 0.522. The number of anilines is 1. The highest BCUT2D eigenvalue weighted by Crippen LogP contribution is 2.04. The molecule has 3 N–H and O–H groups in total. The zero-order valence-electron chi connectivity index (χ0n) is 7.89. The van der Waals surface area contributed by atoms with E-state index in [-0.39, 0.29) is 0 Å². The van der Waals surface area contributed by atoms with E-state index < -0.39 is 0 Å². The van der Waals surface area contributed by atoms with Crippen molar-refractivity contribution in [1.29, 1.82) is 0 Å². The highest BCUT2D eigenvalue weighted by atomic mass is 14.8. The SMILES string of the molecule is CNCC#Cc1cc(C)cc(N)n1. The number of hydrogen-bond acceptors (Lipinski definition) is 3. The summed E-state index contributed by atoms with van der Waals surface area (Å²) in [5.74, 6) is 6.37. The van der Waals surface area contributed by atoms with Gasteiger partial charge in [0, 0.05) is 0 Å². The van der Waals surface area contributed by atoms with E-state index in [2.05, 4.69) is 22.1 Å². The number of nitrogen functional groups attached to an aromatic ring is 1. The average molecular weight is 175 g/mol. The fraction of sp³-hybridized carbons (Fsp3) is 0.300. The smallest absolute Gasteiger partial charge is 0.125 e. The van der Waals surface area contributed by atoms with Gasteiger partial charge in [0.2, 0.25) is 0 Å². The van der Waals surface area contributed by atoms with Crippen LogP contribution in [0.15, 0.2) is 12.1 Å². The third-order valence-electron chi connectivity index (χ3n) is 1.47. The van der Waals surface area contributed by atoms with E-state index in [1.807, 2.05) is 26.1 Å². The summed E-state index contributed by atoms with van der Waals surface area (Å²) in [5.41, 5.74) is 7.38. The molecule has 0 fully saturated rings. The van der Waals surface area contributed by atoms with Gasteiger partial charge in [-0.3, -0.25) is 0 Å². The lowest BCUT2D eigenvalue weighted by Gasteiger charge is -1.96. The summed E-state index contributed by atoms with van der Waals surface area (Å²) in [5, 5.41) is 2.93. The van der Waals surface area contributed by atoms with Crippen LogP contribution in [0.25, 0.3) is 0 Å². The molecular formula is C10H13N3. The van der Waals surface area contributed by atoms with Gasteiger partial charge in [-0.15, -0.1) is 0 Å². The van der Waals surface area contributed by atoms with E-state index in [9.17, 15) is 0 Å². The van der Waals surface area contributed by atoms with Gasteiger partial charge in [-0.1, -0.05) is 5.92 Å². The van der Waals surface area contributed by atoms with Gasteiger partial charge >= 0.3 is 0 Å². The summed E-state index contributed by atoms with van der Waals surface area (Å²) < 4.78 is 0. The minimum absolute atomic E-state index is 0.522. The molecule has 0 saturated heterocycles. The van der Waals surface area contributed by atoms with Gasteiger partial charge in [0.05, 0.1) is 6.54 Å². The molecule has 3 heteroatoms. The van der Waals surface area contributed by atoms with Crippen molar-refractivity contribution in [3.8, 4) is 11.8 Å². The number of nitrogens with two attached hydrogens (primary N) is 1. The lowest BCUT2D eigenvalue weighted by Crippen LogP contribution is -2.04. The van der Waals surface area contributed by atoms with E-state index in [0.29, 0.717) is 12.4 Å². The first-order valence-electron chi connectivity index (χ1n) is 4.10. The van der Waals surface area contributed by atoms with Crippen molar-refractivity contribution >= 4 is 5.82 Å². The van der Waals surface area contributed by atoms with Crippen molar-refractivity contribution in [2.45, 2.75) is 6.92 Å². The largest absolute Gasteiger partial charge is 0.384 e. The van der Waals surface area contributed by atoms with Crippen LogP contribution in [0.2, 0.25) is 0 Å². The van der Waals surface area contributed by atoms with Crippen LogP contribution >= 0.6 is 0 Å². The second-order valence-electron chi connectivity index (χ2n) is 2.79. The number of nitrogens with zero attached hydrogens (tertiary/aromatic N) is 1. The third-order valence-corrected chi connectivity index (χ3v) is 1.47. The Bertz CT molecular complexity index is 327. The molecule has 0 bridgehead atoms. The topological polar surface area (TPSA) is 50.9 Å². The molecule has 0 aromatic carbocycles. The van der Waals surface area contributed by atoms with Crippen LogP contribution in [-0.4, -0.2) is 18.6 Å². The molecule has 0 aliphatic rings. The molecule has 3 nitrogen and oxygen atoms in total. The Morgan fingerprint density at radius 2 is 2.31 bits per heavy atom. The molecule has 0 aliphatic carbocycles. The molecule has 0 amide bonds. The quantitative estimate of drug-likeness (QED) is 0.613. The predicted molar refractivity (Wildman–Crippen MR) is 54.2 cm³/mol. The van der Waals surface area contributed by atoms with Crippen molar-refractivity contribution in [2.75, 3.05) is 19.3 Å². The highest BCUT2D eigenvalue weighted by Gasteiger charge is 1.92. The zero-order valence-corrected chi connectivity index (χ0v) is 7.89. The Hall–Kier alpha value is -1.53. The molecule has 1 heterocycles. The predicted octanol–water partition coefficient (Wildman–Crippen LogP) is 0.543. The molecule has 1 aromatic rings. The fourth-order valence-electron chi connectivity index (χ4n) is 0.981. The Balaban J connectivity index is 2.85. The van der Waals surface area contributed by atoms with Gasteiger partial charge < -0.3 is 11.1 Å². The van der Waals surface area contributed by atoms with Gasteiger partial charge in [0.1, 0.15) is 11.5 Å². The molecule has 0 unspecified atom stereocenters. The standard InChI is InChI=1S/C10H13N3/c1-8-6-9(4-3-5-12-2)13-10(11)7-8/h6-7,12H,5H2,1-2H3,(H2,11,13). The second-order valence-corrected chi connectivity index (χ2v) is 2.79. The van der Waals surface area contributed by atoms with E-state index in [1.165, 1.54) is 0 Å².